The van der Waals surface area contributed by atoms with Crippen LogP contribution in [-0.2, 0) is 10.5 Å². The Kier molecular flexibility index (Phi) is 3.79. The molecule has 0 aliphatic carbocycles. The van der Waals surface area contributed by atoms with Gasteiger partial charge in [-0.15, -0.1) is 0 Å². The van der Waals surface area contributed by atoms with E-state index in [0.717, 1.165) is 0 Å². The van der Waals surface area contributed by atoms with Gasteiger partial charge >= 0.3 is 0 Å². The van der Waals surface area contributed by atoms with Gasteiger partial charge in [0.2, 0.25) is 5.66 Å². The van der Waals surface area contributed by atoms with Gasteiger partial charge < -0.3 is 15.4 Å². The molecule has 3 aromatic carbocycles. The number of ether oxygens (including phenoxy) is 1. The summed E-state index contributed by atoms with van der Waals surface area (Å²) in [4.78, 5) is 28.4. The first-order chi connectivity index (χ1) is 14.0. The van der Waals surface area contributed by atoms with E-state index in [1.54, 1.807) is 67.8 Å². The molecule has 2 heterocycles. The van der Waals surface area contributed by atoms with Crippen molar-refractivity contribution in [2.24, 2.45) is 0 Å². The summed E-state index contributed by atoms with van der Waals surface area (Å²) < 4.78 is 5.23. The minimum atomic E-state index is -1.46. The van der Waals surface area contributed by atoms with Crippen LogP contribution in [0.15, 0.2) is 66.7 Å². The van der Waals surface area contributed by atoms with Crippen molar-refractivity contribution in [2.45, 2.75) is 5.66 Å². The van der Waals surface area contributed by atoms with E-state index in [1.807, 2.05) is 6.07 Å². The van der Waals surface area contributed by atoms with Crippen molar-refractivity contribution in [1.29, 1.82) is 0 Å². The van der Waals surface area contributed by atoms with Crippen molar-refractivity contribution in [3.63, 3.8) is 0 Å². The normalized spacial score (nSPS) is 19.4. The molecule has 3 aromatic rings. The maximum atomic E-state index is 13.6. The number of nitrogens with zero attached hydrogens (tertiary/aromatic N) is 1. The third kappa shape index (κ3) is 2.42. The lowest BCUT2D eigenvalue weighted by Crippen LogP contribution is -2.61. The van der Waals surface area contributed by atoms with E-state index in [9.17, 15) is 9.59 Å². The molecule has 7 heteroatoms. The van der Waals surface area contributed by atoms with Crippen LogP contribution in [0.5, 0.6) is 5.75 Å². The van der Waals surface area contributed by atoms with E-state index < -0.39 is 5.66 Å². The number of methoxy groups -OCH3 is 1. The summed E-state index contributed by atoms with van der Waals surface area (Å²) >= 11 is 6.26. The van der Waals surface area contributed by atoms with Crippen molar-refractivity contribution in [3.8, 4) is 5.75 Å². The number of fused-ring (bicyclic) bond motifs is 3. The fourth-order valence-electron chi connectivity index (χ4n) is 3.95. The minimum Gasteiger partial charge on any atom is -0.497 e. The van der Waals surface area contributed by atoms with Crippen LogP contribution in [0, 0.1) is 0 Å². The van der Waals surface area contributed by atoms with Gasteiger partial charge in [-0.3, -0.25) is 14.5 Å². The number of para-hydroxylation sites is 1. The highest BCUT2D eigenvalue weighted by molar-refractivity contribution is 6.31. The molecule has 144 valence electrons. The molecule has 0 saturated carbocycles. The van der Waals surface area contributed by atoms with Gasteiger partial charge in [-0.05, 0) is 54.6 Å². The molecule has 1 atom stereocenters. The van der Waals surface area contributed by atoms with E-state index >= 15 is 0 Å². The van der Waals surface area contributed by atoms with E-state index in [2.05, 4.69) is 10.6 Å². The van der Waals surface area contributed by atoms with Crippen molar-refractivity contribution in [2.75, 3.05) is 22.6 Å². The van der Waals surface area contributed by atoms with Gasteiger partial charge in [0.1, 0.15) is 5.75 Å². The summed E-state index contributed by atoms with van der Waals surface area (Å²) in [6, 6.07) is 19.3. The van der Waals surface area contributed by atoms with E-state index in [1.165, 1.54) is 4.90 Å². The minimum absolute atomic E-state index is 0.285. The molecular formula is C22H16ClN3O3. The number of hydrogen-bond acceptors (Lipinski definition) is 4. The Labute approximate surface area is 172 Å². The number of carbonyl (C=O) groups excluding carboxylic acids is 2. The van der Waals surface area contributed by atoms with Crippen molar-refractivity contribution in [1.82, 2.24) is 0 Å². The second-order valence-electron chi connectivity index (χ2n) is 6.86. The maximum absolute atomic E-state index is 13.6. The molecule has 1 unspecified atom stereocenters. The first kappa shape index (κ1) is 17.6. The second kappa shape index (κ2) is 6.25. The molecule has 29 heavy (non-hydrogen) atoms. The molecule has 0 bridgehead atoms. The number of hydrogen-bond donors (Lipinski definition) is 2. The molecule has 5 rings (SSSR count). The fraction of sp³-hybridized carbons (Fsp3) is 0.0909. The number of benzene rings is 3. The highest BCUT2D eigenvalue weighted by Crippen LogP contribution is 2.48. The summed E-state index contributed by atoms with van der Waals surface area (Å²) in [5.74, 6) is 0.0147. The SMILES string of the molecule is COc1ccc(N2C(=O)c3ccccc3NC23C(=O)Nc2ccc(Cl)cc23)cc1. The third-order valence-electron chi connectivity index (χ3n) is 5.29. The van der Waals surface area contributed by atoms with E-state index in [-0.39, 0.29) is 11.8 Å². The molecule has 2 aliphatic rings. The summed E-state index contributed by atoms with van der Waals surface area (Å²) in [5.41, 5.74) is 1.37. The predicted molar refractivity (Wildman–Crippen MR) is 112 cm³/mol. The number of amides is 2. The molecule has 2 N–H and O–H groups in total. The van der Waals surface area contributed by atoms with Gasteiger partial charge in [0.25, 0.3) is 11.8 Å². The Bertz CT molecular complexity index is 1160. The van der Waals surface area contributed by atoms with Gasteiger partial charge in [-0.2, -0.15) is 0 Å². The first-order valence-electron chi connectivity index (χ1n) is 9.02. The standard InChI is InChI=1S/C22H16ClN3O3/c1-29-15-9-7-14(8-10-15)26-20(27)16-4-2-3-5-18(16)25-22(26)17-12-13(23)6-11-19(17)24-21(22)28/h2-12,25H,1H3,(H,24,28). The van der Waals surface area contributed by atoms with Crippen LogP contribution in [0.3, 0.4) is 0 Å². The summed E-state index contributed by atoms with van der Waals surface area (Å²) in [7, 11) is 1.57. The zero-order chi connectivity index (χ0) is 20.2. The molecule has 0 radical (unpaired) electrons. The van der Waals surface area contributed by atoms with Crippen molar-refractivity contribution in [3.05, 3.63) is 82.9 Å². The molecule has 2 amide bonds. The zero-order valence-electron chi connectivity index (χ0n) is 15.4. The summed E-state index contributed by atoms with van der Waals surface area (Å²) in [6.45, 7) is 0. The third-order valence-corrected chi connectivity index (χ3v) is 5.53. The van der Waals surface area contributed by atoms with Gasteiger partial charge in [0.15, 0.2) is 0 Å². The van der Waals surface area contributed by atoms with Crippen LogP contribution < -0.4 is 20.3 Å². The highest BCUT2D eigenvalue weighted by atomic mass is 35.5. The Morgan fingerprint density at radius 1 is 0.966 bits per heavy atom. The Balaban J connectivity index is 1.79. The molecular weight excluding hydrogens is 390 g/mol. The van der Waals surface area contributed by atoms with Crippen LogP contribution in [-0.4, -0.2) is 18.9 Å². The highest BCUT2D eigenvalue weighted by Gasteiger charge is 2.57. The molecule has 0 saturated heterocycles. The molecule has 1 spiro atoms. The number of rotatable bonds is 2. The quantitative estimate of drug-likeness (QED) is 0.669. The monoisotopic (exact) mass is 405 g/mol. The average Bonchev–Trinajstić information content (AvgIpc) is 3.00. The summed E-state index contributed by atoms with van der Waals surface area (Å²) in [6.07, 6.45) is 0. The number of nitrogens with one attached hydrogen (secondary N) is 2. The predicted octanol–water partition coefficient (Wildman–Crippen LogP) is 4.23. The average molecular weight is 406 g/mol. The first-order valence-corrected chi connectivity index (χ1v) is 9.40. The van der Waals surface area contributed by atoms with Crippen LogP contribution in [0.1, 0.15) is 15.9 Å². The van der Waals surface area contributed by atoms with Crippen LogP contribution in [0.2, 0.25) is 5.02 Å². The van der Waals surface area contributed by atoms with Crippen molar-refractivity contribution < 1.29 is 14.3 Å². The number of anilines is 3. The molecule has 0 aromatic heterocycles. The number of halogens is 1. The van der Waals surface area contributed by atoms with E-state index in [0.29, 0.717) is 39.0 Å². The Hall–Kier alpha value is -3.51. The van der Waals surface area contributed by atoms with E-state index in [4.69, 9.17) is 16.3 Å². The lowest BCUT2D eigenvalue weighted by Gasteiger charge is -2.44. The van der Waals surface area contributed by atoms with Crippen molar-refractivity contribution >= 4 is 40.5 Å². The van der Waals surface area contributed by atoms with Gasteiger partial charge in [0.05, 0.1) is 12.7 Å². The maximum Gasteiger partial charge on any atom is 0.276 e. The summed E-state index contributed by atoms with van der Waals surface area (Å²) in [5, 5.41) is 6.67. The van der Waals surface area contributed by atoms with Crippen LogP contribution in [0.25, 0.3) is 0 Å². The topological polar surface area (TPSA) is 70.7 Å². The Morgan fingerprint density at radius 3 is 2.48 bits per heavy atom. The zero-order valence-corrected chi connectivity index (χ0v) is 16.2. The number of carbonyl (C=O) groups is 2. The van der Waals surface area contributed by atoms with Crippen LogP contribution >= 0.6 is 11.6 Å². The lowest BCUT2D eigenvalue weighted by atomic mass is 9.92. The van der Waals surface area contributed by atoms with Crippen LogP contribution in [0.4, 0.5) is 17.1 Å². The molecule has 6 nitrogen and oxygen atoms in total. The lowest BCUT2D eigenvalue weighted by molar-refractivity contribution is -0.119. The van der Waals surface area contributed by atoms with Gasteiger partial charge in [-0.1, -0.05) is 23.7 Å². The smallest absolute Gasteiger partial charge is 0.276 e. The fourth-order valence-corrected chi connectivity index (χ4v) is 4.12. The Morgan fingerprint density at radius 2 is 1.72 bits per heavy atom. The molecule has 2 aliphatic heterocycles. The van der Waals surface area contributed by atoms with Gasteiger partial charge in [0, 0.05) is 27.6 Å². The molecule has 0 fully saturated rings. The largest absolute Gasteiger partial charge is 0.497 e. The van der Waals surface area contributed by atoms with Gasteiger partial charge in [-0.25, -0.2) is 0 Å². The second-order valence-corrected chi connectivity index (χ2v) is 7.30.